The van der Waals surface area contributed by atoms with Crippen LogP contribution in [0.5, 0.6) is 5.75 Å². The van der Waals surface area contributed by atoms with Crippen LogP contribution in [-0.2, 0) is 4.79 Å². The zero-order chi connectivity index (χ0) is 16.5. The van der Waals surface area contributed by atoms with Crippen LogP contribution in [0.15, 0.2) is 64.6 Å². The topological polar surface area (TPSA) is 74.2 Å². The Labute approximate surface area is 139 Å². The van der Waals surface area contributed by atoms with E-state index in [0.29, 0.717) is 5.75 Å². The highest BCUT2D eigenvalue weighted by molar-refractivity contribution is 6.03. The maximum atomic E-state index is 11.7. The molecule has 122 valence electrons. The van der Waals surface area contributed by atoms with Crippen molar-refractivity contribution in [3.05, 3.63) is 65.1 Å². The molecule has 0 radical (unpaired) electrons. The first-order valence-electron chi connectivity index (χ1n) is 7.88. The van der Waals surface area contributed by atoms with E-state index in [4.69, 9.17) is 9.84 Å². The summed E-state index contributed by atoms with van der Waals surface area (Å²) in [6.45, 7) is 1.06. The molecule has 0 atom stereocenters. The Bertz CT molecular complexity index is 803. The predicted molar refractivity (Wildman–Crippen MR) is 89.3 cm³/mol. The van der Waals surface area contributed by atoms with Crippen molar-refractivity contribution in [2.75, 3.05) is 19.8 Å². The number of hydrogen-bond donors (Lipinski definition) is 2. The highest BCUT2D eigenvalue weighted by atomic mass is 16.5. The molecule has 24 heavy (non-hydrogen) atoms. The fraction of sp³-hybridized carbons (Fsp3) is 0.222. The summed E-state index contributed by atoms with van der Waals surface area (Å²) in [5, 5.41) is 11.8. The molecule has 0 aromatic heterocycles. The zero-order valence-electron chi connectivity index (χ0n) is 13.0. The van der Waals surface area contributed by atoms with Gasteiger partial charge in [-0.1, -0.05) is 0 Å². The van der Waals surface area contributed by atoms with Gasteiger partial charge in [-0.15, -0.1) is 0 Å². The Morgan fingerprint density at radius 2 is 2.08 bits per heavy atom. The van der Waals surface area contributed by atoms with Gasteiger partial charge >= 0.3 is 0 Å². The largest absolute Gasteiger partial charge is 0.491 e. The molecule has 0 saturated heterocycles. The van der Waals surface area contributed by atoms with Crippen LogP contribution in [0.3, 0.4) is 0 Å². The van der Waals surface area contributed by atoms with Crippen molar-refractivity contribution in [1.82, 2.24) is 10.2 Å². The number of carbonyl (C=O) groups is 1. The van der Waals surface area contributed by atoms with Crippen LogP contribution in [0.1, 0.15) is 12.0 Å². The number of hydrogen-bond acceptors (Lipinski definition) is 5. The summed E-state index contributed by atoms with van der Waals surface area (Å²) in [7, 11) is 0. The molecule has 3 aliphatic heterocycles. The van der Waals surface area contributed by atoms with Crippen molar-refractivity contribution >= 4 is 11.7 Å². The van der Waals surface area contributed by atoms with E-state index < -0.39 is 0 Å². The normalized spacial score (nSPS) is 18.7. The Hall–Kier alpha value is -2.86. The van der Waals surface area contributed by atoms with Crippen molar-refractivity contribution in [3.63, 3.8) is 0 Å². The van der Waals surface area contributed by atoms with Gasteiger partial charge < -0.3 is 20.1 Å². The molecule has 0 spiro atoms. The van der Waals surface area contributed by atoms with Gasteiger partial charge in [0.15, 0.2) is 0 Å². The SMILES string of the molecule is O=C1C=CC2=CN=C(c3ccc(OCCO)cc3)N3CCC(=C23)N1. The summed E-state index contributed by atoms with van der Waals surface area (Å²) >= 11 is 0. The van der Waals surface area contributed by atoms with Crippen LogP contribution in [0.25, 0.3) is 0 Å². The van der Waals surface area contributed by atoms with E-state index in [1.807, 2.05) is 30.3 Å². The van der Waals surface area contributed by atoms with E-state index in [0.717, 1.165) is 41.3 Å². The number of nitrogens with zero attached hydrogens (tertiary/aromatic N) is 2. The maximum Gasteiger partial charge on any atom is 0.248 e. The molecule has 0 aliphatic carbocycles. The number of aliphatic hydroxyl groups excluding tert-OH is 1. The first kappa shape index (κ1) is 14.7. The van der Waals surface area contributed by atoms with Gasteiger partial charge in [0.1, 0.15) is 18.2 Å². The van der Waals surface area contributed by atoms with E-state index in [1.165, 1.54) is 6.08 Å². The van der Waals surface area contributed by atoms with Gasteiger partial charge in [0, 0.05) is 42.1 Å². The third kappa shape index (κ3) is 2.51. The quantitative estimate of drug-likeness (QED) is 0.876. The van der Waals surface area contributed by atoms with Crippen molar-refractivity contribution < 1.29 is 14.6 Å². The van der Waals surface area contributed by atoms with Gasteiger partial charge in [-0.3, -0.25) is 4.79 Å². The minimum Gasteiger partial charge on any atom is -0.491 e. The van der Waals surface area contributed by atoms with Crippen LogP contribution in [0.4, 0.5) is 0 Å². The van der Waals surface area contributed by atoms with Gasteiger partial charge in [0.05, 0.1) is 12.3 Å². The molecule has 6 nitrogen and oxygen atoms in total. The number of nitrogens with one attached hydrogen (secondary N) is 1. The number of aliphatic hydroxyl groups is 1. The average molecular weight is 323 g/mol. The van der Waals surface area contributed by atoms with Crippen LogP contribution >= 0.6 is 0 Å². The first-order valence-corrected chi connectivity index (χ1v) is 7.88. The number of allylic oxidation sites excluding steroid dienone is 1. The Kier molecular flexibility index (Phi) is 3.66. The number of ether oxygens (including phenoxy) is 1. The molecule has 0 fully saturated rings. The molecule has 3 aliphatic rings. The molecule has 6 heteroatoms. The first-order chi connectivity index (χ1) is 11.8. The third-order valence-corrected chi connectivity index (χ3v) is 4.16. The fourth-order valence-electron chi connectivity index (χ4n) is 3.11. The van der Waals surface area contributed by atoms with Crippen molar-refractivity contribution in [2.24, 2.45) is 4.99 Å². The lowest BCUT2D eigenvalue weighted by Crippen LogP contribution is -2.31. The minimum absolute atomic E-state index is 0.00796. The van der Waals surface area contributed by atoms with E-state index >= 15 is 0 Å². The van der Waals surface area contributed by atoms with Crippen LogP contribution in [-0.4, -0.2) is 41.5 Å². The Morgan fingerprint density at radius 1 is 1.25 bits per heavy atom. The summed E-state index contributed by atoms with van der Waals surface area (Å²) in [6.07, 6.45) is 5.94. The molecule has 0 unspecified atom stereocenters. The molecular weight excluding hydrogens is 306 g/mol. The highest BCUT2D eigenvalue weighted by Crippen LogP contribution is 2.34. The molecule has 1 aromatic carbocycles. The summed E-state index contributed by atoms with van der Waals surface area (Å²) in [5.74, 6) is 1.48. The van der Waals surface area contributed by atoms with E-state index in [1.54, 1.807) is 6.20 Å². The maximum absolute atomic E-state index is 11.7. The van der Waals surface area contributed by atoms with Crippen molar-refractivity contribution in [2.45, 2.75) is 6.42 Å². The zero-order valence-corrected chi connectivity index (χ0v) is 13.0. The van der Waals surface area contributed by atoms with Gasteiger partial charge in [-0.05, 0) is 30.3 Å². The lowest BCUT2D eigenvalue weighted by molar-refractivity contribution is -0.115. The Balaban J connectivity index is 1.66. The molecule has 2 N–H and O–H groups in total. The summed E-state index contributed by atoms with van der Waals surface area (Å²) in [4.78, 5) is 18.5. The average Bonchev–Trinajstić information content (AvgIpc) is 2.94. The van der Waals surface area contributed by atoms with Gasteiger partial charge in [-0.25, -0.2) is 4.99 Å². The van der Waals surface area contributed by atoms with Crippen molar-refractivity contribution in [1.29, 1.82) is 0 Å². The van der Waals surface area contributed by atoms with Crippen LogP contribution in [0.2, 0.25) is 0 Å². The molecule has 1 amide bonds. The van der Waals surface area contributed by atoms with Crippen LogP contribution in [0, 0.1) is 0 Å². The van der Waals surface area contributed by atoms with Gasteiger partial charge in [-0.2, -0.15) is 0 Å². The second kappa shape index (κ2) is 5.98. The molecule has 0 saturated carbocycles. The Morgan fingerprint density at radius 3 is 2.88 bits per heavy atom. The number of amidine groups is 1. The summed E-state index contributed by atoms with van der Waals surface area (Å²) in [6, 6.07) is 7.64. The summed E-state index contributed by atoms with van der Waals surface area (Å²) in [5.41, 5.74) is 3.91. The molecular formula is C18H17N3O3. The van der Waals surface area contributed by atoms with Gasteiger partial charge in [0.2, 0.25) is 5.91 Å². The number of amides is 1. The lowest BCUT2D eigenvalue weighted by atomic mass is 10.1. The molecule has 0 bridgehead atoms. The number of rotatable bonds is 4. The highest BCUT2D eigenvalue weighted by Gasteiger charge is 2.32. The monoisotopic (exact) mass is 323 g/mol. The van der Waals surface area contributed by atoms with Gasteiger partial charge in [0.25, 0.3) is 0 Å². The van der Waals surface area contributed by atoms with Crippen molar-refractivity contribution in [3.8, 4) is 5.75 Å². The van der Waals surface area contributed by atoms with Crippen LogP contribution < -0.4 is 10.1 Å². The second-order valence-corrected chi connectivity index (χ2v) is 5.68. The fourth-order valence-corrected chi connectivity index (χ4v) is 3.11. The number of benzene rings is 1. The minimum atomic E-state index is -0.0958. The summed E-state index contributed by atoms with van der Waals surface area (Å²) < 4.78 is 5.39. The second-order valence-electron chi connectivity index (χ2n) is 5.68. The molecule has 4 rings (SSSR count). The lowest BCUT2D eigenvalue weighted by Gasteiger charge is -2.27. The number of carbonyl (C=O) groups excluding carboxylic acids is 1. The van der Waals surface area contributed by atoms with E-state index in [2.05, 4.69) is 15.2 Å². The smallest absolute Gasteiger partial charge is 0.248 e. The standard InChI is InChI=1S/C18H17N3O3/c22-9-10-24-14-4-1-12(2-5-14)18-19-11-13-3-6-16(23)20-15-7-8-21(18)17(13)15/h1-6,11,22H,7-10H2,(H,20,23). The molecule has 3 heterocycles. The third-order valence-electron chi connectivity index (χ3n) is 4.16. The molecule has 1 aromatic rings. The number of aliphatic imine (C=N–C) groups is 1. The van der Waals surface area contributed by atoms with E-state index in [9.17, 15) is 4.79 Å². The predicted octanol–water partition coefficient (Wildman–Crippen LogP) is 1.31. The van der Waals surface area contributed by atoms with E-state index in [-0.39, 0.29) is 19.1 Å².